The van der Waals surface area contributed by atoms with Crippen LogP contribution in [0.5, 0.6) is 0 Å². The van der Waals surface area contributed by atoms with Crippen molar-refractivity contribution in [3.8, 4) is 0 Å². The van der Waals surface area contributed by atoms with Gasteiger partial charge in [0.25, 0.3) is 5.91 Å². The first-order valence-corrected chi connectivity index (χ1v) is 5.98. The van der Waals surface area contributed by atoms with Crippen molar-refractivity contribution in [2.75, 3.05) is 19.0 Å². The highest BCUT2D eigenvalue weighted by Gasteiger charge is 2.35. The summed E-state index contributed by atoms with van der Waals surface area (Å²) in [6.45, 7) is 0.203. The lowest BCUT2D eigenvalue weighted by atomic mass is 10.3. The van der Waals surface area contributed by atoms with E-state index in [9.17, 15) is 9.59 Å². The first-order valence-electron chi connectivity index (χ1n) is 5.98. The number of amides is 3. The number of benzene rings is 1. The Kier molecular flexibility index (Phi) is 2.82. The number of anilines is 1. The maximum atomic E-state index is 12.2. The summed E-state index contributed by atoms with van der Waals surface area (Å²) in [5.41, 5.74) is 0.904. The smallest absolute Gasteiger partial charge is 0.348 e. The van der Waals surface area contributed by atoms with Crippen molar-refractivity contribution < 1.29 is 9.59 Å². The Balaban J connectivity index is 1.85. The van der Waals surface area contributed by atoms with E-state index in [1.807, 2.05) is 18.2 Å². The van der Waals surface area contributed by atoms with Crippen molar-refractivity contribution in [3.63, 3.8) is 0 Å². The van der Waals surface area contributed by atoms with E-state index in [-0.39, 0.29) is 30.1 Å². The minimum atomic E-state index is -0.356. The van der Waals surface area contributed by atoms with Crippen LogP contribution in [-0.2, 0) is 4.79 Å². The van der Waals surface area contributed by atoms with E-state index < -0.39 is 0 Å². The Hall–Kier alpha value is -2.90. The third-order valence-corrected chi connectivity index (χ3v) is 2.93. The zero-order chi connectivity index (χ0) is 14.1. The molecule has 0 aliphatic carbocycles. The molecule has 8 nitrogen and oxygen atoms in total. The molecule has 2 heterocycles. The molecule has 0 radical (unpaired) electrons. The zero-order valence-corrected chi connectivity index (χ0v) is 10.7. The number of rotatable bonds is 2. The lowest BCUT2D eigenvalue weighted by Gasteiger charge is -2.23. The predicted molar refractivity (Wildman–Crippen MR) is 70.0 cm³/mol. The van der Waals surface area contributed by atoms with Gasteiger partial charge in [-0.05, 0) is 12.1 Å². The molecule has 3 amide bonds. The van der Waals surface area contributed by atoms with Crippen LogP contribution in [0.1, 0.15) is 0 Å². The van der Waals surface area contributed by atoms with Crippen molar-refractivity contribution >= 4 is 17.6 Å². The van der Waals surface area contributed by atoms with Crippen molar-refractivity contribution in [2.45, 2.75) is 0 Å². The fraction of sp³-hybridized carbons (Fsp3) is 0.167. The van der Waals surface area contributed by atoms with Gasteiger partial charge in [0, 0.05) is 12.7 Å². The zero-order valence-electron chi connectivity index (χ0n) is 10.7. The van der Waals surface area contributed by atoms with Gasteiger partial charge < -0.3 is 10.6 Å². The van der Waals surface area contributed by atoms with E-state index in [0.717, 1.165) is 5.01 Å². The standard InChI is InChI=1S/C12H12N6O2/c1-17-12(20)18-7-13-9(10(18)15-16-17)11(19)14-8-5-3-2-4-6-8/h2-6,13H,7H2,1H3,(H,14,19). The number of fused-ring (bicyclic) bond motifs is 1. The molecule has 1 aromatic rings. The van der Waals surface area contributed by atoms with E-state index in [2.05, 4.69) is 21.0 Å². The molecule has 0 spiro atoms. The SMILES string of the molecule is CN1N=NC2=C(C(=O)Nc3ccccc3)NCN2C1=O. The molecule has 0 fully saturated rings. The van der Waals surface area contributed by atoms with Crippen molar-refractivity contribution in [1.29, 1.82) is 0 Å². The lowest BCUT2D eigenvalue weighted by Crippen LogP contribution is -2.40. The lowest BCUT2D eigenvalue weighted by molar-refractivity contribution is -0.113. The maximum Gasteiger partial charge on any atom is 0.348 e. The quantitative estimate of drug-likeness (QED) is 0.844. The highest BCUT2D eigenvalue weighted by Crippen LogP contribution is 2.23. The fourth-order valence-electron chi connectivity index (χ4n) is 1.93. The first-order chi connectivity index (χ1) is 9.66. The molecule has 2 aliphatic rings. The molecular weight excluding hydrogens is 260 g/mol. The molecule has 2 aliphatic heterocycles. The Labute approximate surface area is 114 Å². The van der Waals surface area contributed by atoms with Crippen molar-refractivity contribution in [1.82, 2.24) is 15.2 Å². The second-order valence-electron chi connectivity index (χ2n) is 4.28. The average molecular weight is 272 g/mol. The van der Waals surface area contributed by atoms with Gasteiger partial charge in [0.2, 0.25) is 0 Å². The van der Waals surface area contributed by atoms with Crippen LogP contribution < -0.4 is 10.6 Å². The highest BCUT2D eigenvalue weighted by molar-refractivity contribution is 6.04. The minimum absolute atomic E-state index is 0.203. The highest BCUT2D eigenvalue weighted by atomic mass is 16.2. The molecule has 3 rings (SSSR count). The minimum Gasteiger partial charge on any atom is -0.360 e. The summed E-state index contributed by atoms with van der Waals surface area (Å²) in [6.07, 6.45) is 0. The van der Waals surface area contributed by atoms with E-state index in [1.165, 1.54) is 11.9 Å². The van der Waals surface area contributed by atoms with E-state index >= 15 is 0 Å². The van der Waals surface area contributed by atoms with E-state index in [4.69, 9.17) is 0 Å². The molecule has 0 saturated carbocycles. The predicted octanol–water partition coefficient (Wildman–Crippen LogP) is 1.09. The maximum absolute atomic E-state index is 12.2. The van der Waals surface area contributed by atoms with Crippen LogP contribution in [0.2, 0.25) is 0 Å². The Morgan fingerprint density at radius 3 is 2.85 bits per heavy atom. The molecule has 0 bridgehead atoms. The fourth-order valence-corrected chi connectivity index (χ4v) is 1.93. The second kappa shape index (κ2) is 4.65. The van der Waals surface area contributed by atoms with Gasteiger partial charge in [-0.1, -0.05) is 23.4 Å². The molecule has 2 N–H and O–H groups in total. The third kappa shape index (κ3) is 1.96. The monoisotopic (exact) mass is 272 g/mol. The van der Waals surface area contributed by atoms with Crippen LogP contribution in [-0.4, -0.2) is 35.6 Å². The number of carbonyl (C=O) groups is 2. The van der Waals surface area contributed by atoms with Gasteiger partial charge in [-0.25, -0.2) is 4.79 Å². The normalized spacial score (nSPS) is 17.1. The summed E-state index contributed by atoms with van der Waals surface area (Å²) >= 11 is 0. The molecule has 0 saturated heterocycles. The van der Waals surface area contributed by atoms with E-state index in [0.29, 0.717) is 5.69 Å². The van der Waals surface area contributed by atoms with Gasteiger partial charge >= 0.3 is 6.03 Å². The molecule has 0 aromatic heterocycles. The third-order valence-electron chi connectivity index (χ3n) is 2.93. The van der Waals surface area contributed by atoms with Gasteiger partial charge in [0.15, 0.2) is 5.82 Å². The van der Waals surface area contributed by atoms with Crippen molar-refractivity contribution in [2.24, 2.45) is 10.3 Å². The second-order valence-corrected chi connectivity index (χ2v) is 4.28. The largest absolute Gasteiger partial charge is 0.360 e. The topological polar surface area (TPSA) is 89.4 Å². The number of carbonyl (C=O) groups excluding carboxylic acids is 2. The molecule has 0 unspecified atom stereocenters. The Morgan fingerprint density at radius 1 is 1.35 bits per heavy atom. The summed E-state index contributed by atoms with van der Waals surface area (Å²) < 4.78 is 0. The van der Waals surface area contributed by atoms with Gasteiger partial charge in [-0.3, -0.25) is 9.69 Å². The summed E-state index contributed by atoms with van der Waals surface area (Å²) in [5, 5.41) is 14.3. The summed E-state index contributed by atoms with van der Waals surface area (Å²) in [4.78, 5) is 25.4. The number of para-hydroxylation sites is 1. The number of nitrogens with one attached hydrogen (secondary N) is 2. The molecule has 0 atom stereocenters. The van der Waals surface area contributed by atoms with Gasteiger partial charge in [-0.2, -0.15) is 5.01 Å². The van der Waals surface area contributed by atoms with Gasteiger partial charge in [0.1, 0.15) is 5.70 Å². The van der Waals surface area contributed by atoms with Crippen LogP contribution in [0.15, 0.2) is 52.2 Å². The van der Waals surface area contributed by atoms with Gasteiger partial charge in [-0.15, -0.1) is 5.11 Å². The number of hydrogen-bond donors (Lipinski definition) is 2. The van der Waals surface area contributed by atoms with Gasteiger partial charge in [0.05, 0.1) is 6.67 Å². The Bertz CT molecular complexity index is 624. The number of nitrogens with zero attached hydrogens (tertiary/aromatic N) is 4. The summed E-state index contributed by atoms with van der Waals surface area (Å²) in [5.74, 6) is -0.119. The molecule has 8 heteroatoms. The molecular formula is C12H12N6O2. The van der Waals surface area contributed by atoms with Crippen LogP contribution in [0, 0.1) is 0 Å². The first kappa shape index (κ1) is 12.2. The van der Waals surface area contributed by atoms with Crippen LogP contribution in [0.4, 0.5) is 10.5 Å². The van der Waals surface area contributed by atoms with Crippen LogP contribution in [0.3, 0.4) is 0 Å². The van der Waals surface area contributed by atoms with E-state index in [1.54, 1.807) is 12.1 Å². The average Bonchev–Trinajstić information content (AvgIpc) is 2.89. The van der Waals surface area contributed by atoms with Crippen LogP contribution in [0.25, 0.3) is 0 Å². The summed E-state index contributed by atoms with van der Waals surface area (Å²) in [6, 6.07) is 8.72. The van der Waals surface area contributed by atoms with Crippen LogP contribution >= 0.6 is 0 Å². The number of urea groups is 1. The summed E-state index contributed by atoms with van der Waals surface area (Å²) in [7, 11) is 1.50. The Morgan fingerprint density at radius 2 is 2.10 bits per heavy atom. The van der Waals surface area contributed by atoms with Crippen molar-refractivity contribution in [3.05, 3.63) is 41.8 Å². The number of hydrogen-bond acceptors (Lipinski definition) is 5. The molecule has 102 valence electrons. The molecule has 20 heavy (non-hydrogen) atoms. The molecule has 1 aromatic carbocycles.